The number of aromatic nitrogens is 6. The number of rotatable bonds is 8. The van der Waals surface area contributed by atoms with E-state index in [1.54, 1.807) is 12.5 Å². The second-order valence-electron chi connectivity index (χ2n) is 6.95. The Labute approximate surface area is 167 Å². The van der Waals surface area contributed by atoms with Crippen LogP contribution in [0.5, 0.6) is 0 Å². The zero-order valence-corrected chi connectivity index (χ0v) is 16.4. The quantitative estimate of drug-likeness (QED) is 0.628. The highest BCUT2D eigenvalue weighted by atomic mass is 32.2. The van der Waals surface area contributed by atoms with E-state index in [1.807, 2.05) is 39.7 Å². The first-order chi connectivity index (χ1) is 13.8. The number of nitrogens with one attached hydrogen (secondary N) is 1. The molecule has 1 aliphatic carbocycles. The molecule has 146 valence electrons. The Morgan fingerprint density at radius 1 is 1.29 bits per heavy atom. The minimum absolute atomic E-state index is 0.0235. The van der Waals surface area contributed by atoms with Crippen molar-refractivity contribution >= 4 is 23.4 Å². The van der Waals surface area contributed by atoms with Gasteiger partial charge in [0.05, 0.1) is 23.9 Å². The lowest BCUT2D eigenvalue weighted by atomic mass is 10.2. The highest BCUT2D eigenvalue weighted by molar-refractivity contribution is 7.99. The molecule has 2 heterocycles. The van der Waals surface area contributed by atoms with E-state index in [0.717, 1.165) is 36.5 Å². The minimum atomic E-state index is -0.0235. The van der Waals surface area contributed by atoms with Crippen molar-refractivity contribution in [2.75, 3.05) is 11.1 Å². The summed E-state index contributed by atoms with van der Waals surface area (Å²) in [5, 5.41) is 15.1. The number of hydrogen-bond acceptors (Lipinski definition) is 6. The van der Waals surface area contributed by atoms with Gasteiger partial charge in [-0.15, -0.1) is 16.9 Å². The van der Waals surface area contributed by atoms with Crippen molar-refractivity contribution in [1.82, 2.24) is 29.8 Å². The van der Waals surface area contributed by atoms with Crippen LogP contribution in [0.1, 0.15) is 43.1 Å². The zero-order valence-electron chi connectivity index (χ0n) is 15.6. The predicted octanol–water partition coefficient (Wildman–Crippen LogP) is 2.90. The van der Waals surface area contributed by atoms with E-state index >= 15 is 0 Å². The summed E-state index contributed by atoms with van der Waals surface area (Å²) < 4.78 is 3.93. The fourth-order valence-corrected chi connectivity index (χ4v) is 4.24. The standard InChI is InChI=1S/C19H23N7OS/c27-19(13-28-12-18-22-23-24-26(18)17-6-1-2-7-17)21-16-5-3-4-15(10-16)11-25-9-8-20-14-25/h3-5,8-10,14,17H,1-2,6-7,11-13H2,(H,21,27). The number of amides is 1. The summed E-state index contributed by atoms with van der Waals surface area (Å²) in [7, 11) is 0. The molecule has 9 heteroatoms. The van der Waals surface area contributed by atoms with Crippen molar-refractivity contribution in [1.29, 1.82) is 0 Å². The first-order valence-electron chi connectivity index (χ1n) is 9.47. The van der Waals surface area contributed by atoms with E-state index < -0.39 is 0 Å². The molecule has 0 bridgehead atoms. The summed E-state index contributed by atoms with van der Waals surface area (Å²) in [5.74, 6) is 1.83. The maximum absolute atomic E-state index is 12.3. The summed E-state index contributed by atoms with van der Waals surface area (Å²) in [6.07, 6.45) is 10.2. The van der Waals surface area contributed by atoms with Gasteiger partial charge in [0.15, 0.2) is 5.82 Å². The first-order valence-corrected chi connectivity index (χ1v) is 10.6. The van der Waals surface area contributed by atoms with Crippen LogP contribution in [0.2, 0.25) is 0 Å². The summed E-state index contributed by atoms with van der Waals surface area (Å²) in [5.41, 5.74) is 1.91. The van der Waals surface area contributed by atoms with Gasteiger partial charge in [-0.2, -0.15) is 0 Å². The van der Waals surface area contributed by atoms with Gasteiger partial charge in [0.25, 0.3) is 0 Å². The molecular weight excluding hydrogens is 374 g/mol. The second kappa shape index (κ2) is 9.01. The Hall–Kier alpha value is -2.68. The molecular formula is C19H23N7OS. The van der Waals surface area contributed by atoms with Crippen LogP contribution in [0, 0.1) is 0 Å². The highest BCUT2D eigenvalue weighted by Gasteiger charge is 2.21. The SMILES string of the molecule is O=C(CSCc1nnnn1C1CCCC1)Nc1cccc(Cn2ccnc2)c1. The lowest BCUT2D eigenvalue weighted by molar-refractivity contribution is -0.113. The molecule has 1 N–H and O–H groups in total. The molecule has 1 fully saturated rings. The third-order valence-electron chi connectivity index (χ3n) is 4.83. The van der Waals surface area contributed by atoms with Gasteiger partial charge in [0.1, 0.15) is 0 Å². The number of nitrogens with zero attached hydrogens (tertiary/aromatic N) is 6. The van der Waals surface area contributed by atoms with Crippen LogP contribution < -0.4 is 5.32 Å². The van der Waals surface area contributed by atoms with Gasteiger partial charge >= 0.3 is 0 Å². The van der Waals surface area contributed by atoms with E-state index in [0.29, 0.717) is 17.5 Å². The van der Waals surface area contributed by atoms with Gasteiger partial charge in [-0.1, -0.05) is 25.0 Å². The smallest absolute Gasteiger partial charge is 0.234 e. The number of carbonyl (C=O) groups is 1. The van der Waals surface area contributed by atoms with Crippen molar-refractivity contribution in [3.63, 3.8) is 0 Å². The number of hydrogen-bond donors (Lipinski definition) is 1. The largest absolute Gasteiger partial charge is 0.333 e. The lowest BCUT2D eigenvalue weighted by Crippen LogP contribution is -2.15. The molecule has 1 amide bonds. The maximum Gasteiger partial charge on any atom is 0.234 e. The molecule has 3 aromatic rings. The number of carbonyl (C=O) groups excluding carboxylic acids is 1. The predicted molar refractivity (Wildman–Crippen MR) is 108 cm³/mol. The van der Waals surface area contributed by atoms with Crippen LogP contribution in [0.3, 0.4) is 0 Å². The van der Waals surface area contributed by atoms with E-state index in [4.69, 9.17) is 0 Å². The number of imidazole rings is 1. The Morgan fingerprint density at radius 3 is 3.00 bits per heavy atom. The first kappa shape index (κ1) is 18.7. The topological polar surface area (TPSA) is 90.5 Å². The van der Waals surface area contributed by atoms with E-state index in [9.17, 15) is 4.79 Å². The molecule has 0 atom stereocenters. The monoisotopic (exact) mass is 397 g/mol. The van der Waals surface area contributed by atoms with Crippen LogP contribution in [-0.4, -0.2) is 41.4 Å². The Balaban J connectivity index is 1.26. The van der Waals surface area contributed by atoms with Crippen molar-refractivity contribution in [3.05, 3.63) is 54.4 Å². The van der Waals surface area contributed by atoms with Crippen molar-refractivity contribution in [2.45, 2.75) is 44.0 Å². The van der Waals surface area contributed by atoms with Crippen molar-refractivity contribution in [2.24, 2.45) is 0 Å². The number of tetrazole rings is 1. The molecule has 8 nitrogen and oxygen atoms in total. The molecule has 0 saturated heterocycles. The van der Waals surface area contributed by atoms with E-state index in [2.05, 4.69) is 25.8 Å². The highest BCUT2D eigenvalue weighted by Crippen LogP contribution is 2.29. The van der Waals surface area contributed by atoms with Crippen LogP contribution >= 0.6 is 11.8 Å². The Kier molecular flexibility index (Phi) is 6.01. The number of anilines is 1. The van der Waals surface area contributed by atoms with Gasteiger partial charge in [-0.3, -0.25) is 4.79 Å². The van der Waals surface area contributed by atoms with E-state index in [1.165, 1.54) is 24.6 Å². The molecule has 0 radical (unpaired) electrons. The average Bonchev–Trinajstić information content (AvgIpc) is 3.44. The van der Waals surface area contributed by atoms with Crippen LogP contribution in [-0.2, 0) is 17.1 Å². The molecule has 1 aromatic carbocycles. The van der Waals surface area contributed by atoms with Gasteiger partial charge in [-0.05, 0) is 41.0 Å². The Morgan fingerprint density at radius 2 is 2.18 bits per heavy atom. The summed E-state index contributed by atoms with van der Waals surface area (Å²) in [4.78, 5) is 16.4. The summed E-state index contributed by atoms with van der Waals surface area (Å²) in [6.45, 7) is 0.724. The molecule has 1 saturated carbocycles. The second-order valence-corrected chi connectivity index (χ2v) is 7.94. The van der Waals surface area contributed by atoms with Crippen LogP contribution in [0.25, 0.3) is 0 Å². The number of thioether (sulfide) groups is 1. The maximum atomic E-state index is 12.3. The summed E-state index contributed by atoms with van der Waals surface area (Å²) >= 11 is 1.53. The van der Waals surface area contributed by atoms with E-state index in [-0.39, 0.29) is 5.91 Å². The van der Waals surface area contributed by atoms with Gasteiger partial charge in [0, 0.05) is 24.6 Å². The van der Waals surface area contributed by atoms with Crippen molar-refractivity contribution < 1.29 is 4.79 Å². The molecule has 1 aliphatic rings. The molecule has 0 unspecified atom stereocenters. The normalized spacial score (nSPS) is 14.4. The fraction of sp³-hybridized carbons (Fsp3) is 0.421. The zero-order chi connectivity index (χ0) is 19.2. The Bertz CT molecular complexity index is 903. The molecule has 28 heavy (non-hydrogen) atoms. The molecule has 2 aromatic heterocycles. The fourth-order valence-electron chi connectivity index (χ4n) is 3.51. The molecule has 4 rings (SSSR count). The van der Waals surface area contributed by atoms with Gasteiger partial charge in [-0.25, -0.2) is 9.67 Å². The van der Waals surface area contributed by atoms with Gasteiger partial charge in [0.2, 0.25) is 5.91 Å². The van der Waals surface area contributed by atoms with Crippen LogP contribution in [0.4, 0.5) is 5.69 Å². The third kappa shape index (κ3) is 4.78. The molecule has 0 spiro atoms. The minimum Gasteiger partial charge on any atom is -0.333 e. The average molecular weight is 398 g/mol. The lowest BCUT2D eigenvalue weighted by Gasteiger charge is -2.11. The number of benzene rings is 1. The third-order valence-corrected chi connectivity index (χ3v) is 5.76. The van der Waals surface area contributed by atoms with Crippen molar-refractivity contribution in [3.8, 4) is 0 Å². The van der Waals surface area contributed by atoms with Gasteiger partial charge < -0.3 is 9.88 Å². The van der Waals surface area contributed by atoms with Crippen LogP contribution in [0.15, 0.2) is 43.0 Å². The summed E-state index contributed by atoms with van der Waals surface area (Å²) in [6, 6.07) is 8.29. The molecule has 0 aliphatic heterocycles.